The van der Waals surface area contributed by atoms with Gasteiger partial charge in [0.15, 0.2) is 0 Å². The number of nitrogens with one attached hydrogen (secondary N) is 2. The lowest BCUT2D eigenvalue weighted by atomic mass is 10.1. The molecule has 4 aromatic rings. The van der Waals surface area contributed by atoms with E-state index in [0.717, 1.165) is 11.3 Å². The highest BCUT2D eigenvalue weighted by atomic mass is 16.2. The van der Waals surface area contributed by atoms with E-state index in [9.17, 15) is 9.59 Å². The molecule has 0 atom stereocenters. The Labute approximate surface area is 149 Å². The Morgan fingerprint density at radius 1 is 1.08 bits per heavy atom. The van der Waals surface area contributed by atoms with Gasteiger partial charge in [0.2, 0.25) is 0 Å². The first-order valence-electron chi connectivity index (χ1n) is 8.17. The molecule has 0 bridgehead atoms. The SMILES string of the molecule is Cc1ccccc1-n1nccc1NC(=O)c1cc2ccccc2c(=O)[nH]1. The largest absolute Gasteiger partial charge is 0.317 e. The predicted molar refractivity (Wildman–Crippen MR) is 101 cm³/mol. The van der Waals surface area contributed by atoms with E-state index in [0.29, 0.717) is 16.6 Å². The van der Waals surface area contributed by atoms with Crippen LogP contribution in [0.1, 0.15) is 16.1 Å². The fourth-order valence-electron chi connectivity index (χ4n) is 2.91. The summed E-state index contributed by atoms with van der Waals surface area (Å²) in [7, 11) is 0. The smallest absolute Gasteiger partial charge is 0.273 e. The molecule has 4 rings (SSSR count). The average Bonchev–Trinajstić information content (AvgIpc) is 3.10. The normalized spacial score (nSPS) is 10.8. The molecule has 0 aliphatic carbocycles. The van der Waals surface area contributed by atoms with Crippen LogP contribution in [0.2, 0.25) is 0 Å². The van der Waals surface area contributed by atoms with E-state index in [4.69, 9.17) is 0 Å². The Morgan fingerprint density at radius 3 is 2.69 bits per heavy atom. The molecule has 2 N–H and O–H groups in total. The molecule has 6 heteroatoms. The molecule has 2 aromatic heterocycles. The zero-order valence-corrected chi connectivity index (χ0v) is 14.1. The van der Waals surface area contributed by atoms with Crippen LogP contribution in [0.4, 0.5) is 5.82 Å². The zero-order valence-electron chi connectivity index (χ0n) is 14.1. The molecule has 0 radical (unpaired) electrons. The Hall–Kier alpha value is -3.67. The highest BCUT2D eigenvalue weighted by Crippen LogP contribution is 2.19. The molecule has 0 unspecified atom stereocenters. The van der Waals surface area contributed by atoms with Gasteiger partial charge >= 0.3 is 0 Å². The third kappa shape index (κ3) is 2.77. The lowest BCUT2D eigenvalue weighted by molar-refractivity contribution is 0.102. The molecule has 0 aliphatic heterocycles. The molecule has 2 aromatic carbocycles. The number of aryl methyl sites for hydroxylation is 1. The number of carbonyl (C=O) groups excluding carboxylic acids is 1. The number of aromatic amines is 1. The molecule has 6 nitrogen and oxygen atoms in total. The molecular formula is C20H16N4O2. The summed E-state index contributed by atoms with van der Waals surface area (Å²) >= 11 is 0. The van der Waals surface area contributed by atoms with Crippen molar-refractivity contribution in [2.45, 2.75) is 6.92 Å². The van der Waals surface area contributed by atoms with Crippen LogP contribution in [0.3, 0.4) is 0 Å². The van der Waals surface area contributed by atoms with Crippen molar-refractivity contribution < 1.29 is 4.79 Å². The summed E-state index contributed by atoms with van der Waals surface area (Å²) in [5, 5.41) is 8.37. The Morgan fingerprint density at radius 2 is 1.85 bits per heavy atom. The number of fused-ring (bicyclic) bond motifs is 1. The van der Waals surface area contributed by atoms with Gasteiger partial charge in [-0.2, -0.15) is 5.10 Å². The first kappa shape index (κ1) is 15.8. The van der Waals surface area contributed by atoms with Crippen LogP contribution in [0.5, 0.6) is 0 Å². The van der Waals surface area contributed by atoms with E-state index in [1.807, 2.05) is 37.3 Å². The van der Waals surface area contributed by atoms with Crippen LogP contribution < -0.4 is 10.9 Å². The second-order valence-corrected chi connectivity index (χ2v) is 5.97. The van der Waals surface area contributed by atoms with E-state index in [-0.39, 0.29) is 11.3 Å². The molecule has 0 aliphatic rings. The third-order valence-corrected chi connectivity index (χ3v) is 4.23. The standard InChI is InChI=1S/C20H16N4O2/c1-13-6-2-5-9-17(13)24-18(10-11-21-24)23-20(26)16-12-14-7-3-4-8-15(14)19(25)22-16/h2-12H,1H3,(H,22,25)(H,23,26). The summed E-state index contributed by atoms with van der Waals surface area (Å²) in [5.41, 5.74) is 1.82. The average molecular weight is 344 g/mol. The fourth-order valence-corrected chi connectivity index (χ4v) is 2.91. The van der Waals surface area contributed by atoms with E-state index in [1.165, 1.54) is 0 Å². The quantitative estimate of drug-likeness (QED) is 0.598. The highest BCUT2D eigenvalue weighted by molar-refractivity contribution is 6.04. The van der Waals surface area contributed by atoms with Gasteiger partial charge in [-0.25, -0.2) is 4.68 Å². The van der Waals surface area contributed by atoms with Gasteiger partial charge in [-0.05, 0) is 36.1 Å². The lowest BCUT2D eigenvalue weighted by Gasteiger charge is -2.11. The number of anilines is 1. The van der Waals surface area contributed by atoms with E-state index >= 15 is 0 Å². The number of pyridine rings is 1. The molecule has 0 saturated carbocycles. The van der Waals surface area contributed by atoms with Crippen molar-refractivity contribution >= 4 is 22.5 Å². The molecular weight excluding hydrogens is 328 g/mol. The predicted octanol–water partition coefficient (Wildman–Crippen LogP) is 3.27. The maximum absolute atomic E-state index is 12.7. The first-order valence-corrected chi connectivity index (χ1v) is 8.17. The highest BCUT2D eigenvalue weighted by Gasteiger charge is 2.13. The van der Waals surface area contributed by atoms with Crippen LogP contribution in [0.15, 0.2) is 71.7 Å². The van der Waals surface area contributed by atoms with Crippen molar-refractivity contribution in [3.8, 4) is 5.69 Å². The molecule has 128 valence electrons. The van der Waals surface area contributed by atoms with Gasteiger partial charge in [0, 0.05) is 11.5 Å². The summed E-state index contributed by atoms with van der Waals surface area (Å²) < 4.78 is 1.66. The number of hydrogen-bond donors (Lipinski definition) is 2. The summed E-state index contributed by atoms with van der Waals surface area (Å²) in [5.74, 6) is 0.126. The zero-order chi connectivity index (χ0) is 18.1. The molecule has 1 amide bonds. The van der Waals surface area contributed by atoms with E-state index < -0.39 is 5.91 Å². The number of para-hydroxylation sites is 1. The van der Waals surface area contributed by atoms with E-state index in [2.05, 4.69) is 15.4 Å². The van der Waals surface area contributed by atoms with Crippen molar-refractivity contribution in [3.63, 3.8) is 0 Å². The van der Waals surface area contributed by atoms with Crippen LogP contribution in [0, 0.1) is 6.92 Å². The molecule has 2 heterocycles. The number of carbonyl (C=O) groups is 1. The minimum absolute atomic E-state index is 0.200. The van der Waals surface area contributed by atoms with Crippen LogP contribution >= 0.6 is 0 Å². The lowest BCUT2D eigenvalue weighted by Crippen LogP contribution is -2.20. The summed E-state index contributed by atoms with van der Waals surface area (Å²) in [4.78, 5) is 27.5. The van der Waals surface area contributed by atoms with Gasteiger partial charge in [-0.15, -0.1) is 0 Å². The Balaban J connectivity index is 1.69. The van der Waals surface area contributed by atoms with Gasteiger partial charge in [-0.3, -0.25) is 9.59 Å². The maximum Gasteiger partial charge on any atom is 0.273 e. The van der Waals surface area contributed by atoms with Crippen molar-refractivity contribution in [3.05, 3.63) is 88.5 Å². The van der Waals surface area contributed by atoms with Crippen molar-refractivity contribution in [1.82, 2.24) is 14.8 Å². The van der Waals surface area contributed by atoms with Crippen molar-refractivity contribution in [1.29, 1.82) is 0 Å². The molecule has 0 fully saturated rings. The Kier molecular flexibility index (Phi) is 3.85. The van der Waals surface area contributed by atoms with Gasteiger partial charge in [0.25, 0.3) is 11.5 Å². The van der Waals surface area contributed by atoms with Crippen molar-refractivity contribution in [2.75, 3.05) is 5.32 Å². The monoisotopic (exact) mass is 344 g/mol. The number of aromatic nitrogens is 3. The minimum Gasteiger partial charge on any atom is -0.317 e. The van der Waals surface area contributed by atoms with Crippen LogP contribution in [-0.4, -0.2) is 20.7 Å². The van der Waals surface area contributed by atoms with Crippen LogP contribution in [0.25, 0.3) is 16.5 Å². The molecule has 0 saturated heterocycles. The van der Waals surface area contributed by atoms with Crippen molar-refractivity contribution in [2.24, 2.45) is 0 Å². The summed E-state index contributed by atoms with van der Waals surface area (Å²) in [6, 6.07) is 18.3. The number of amides is 1. The number of nitrogens with zero attached hydrogens (tertiary/aromatic N) is 2. The summed E-state index contributed by atoms with van der Waals surface area (Å²) in [6.07, 6.45) is 1.62. The first-order chi connectivity index (χ1) is 12.6. The van der Waals surface area contributed by atoms with Gasteiger partial charge in [0.05, 0.1) is 11.9 Å². The number of H-pyrrole nitrogens is 1. The number of hydrogen-bond acceptors (Lipinski definition) is 3. The van der Waals surface area contributed by atoms with Crippen LogP contribution in [-0.2, 0) is 0 Å². The minimum atomic E-state index is -0.400. The second kappa shape index (κ2) is 6.33. The number of benzene rings is 2. The number of rotatable bonds is 3. The topological polar surface area (TPSA) is 79.8 Å². The molecule has 0 spiro atoms. The van der Waals surface area contributed by atoms with E-state index in [1.54, 1.807) is 41.2 Å². The third-order valence-electron chi connectivity index (χ3n) is 4.23. The molecule has 26 heavy (non-hydrogen) atoms. The van der Waals surface area contributed by atoms with Gasteiger partial charge in [-0.1, -0.05) is 36.4 Å². The second-order valence-electron chi connectivity index (χ2n) is 5.97. The van der Waals surface area contributed by atoms with Gasteiger partial charge in [0.1, 0.15) is 11.5 Å². The fraction of sp³-hybridized carbons (Fsp3) is 0.0500. The summed E-state index contributed by atoms with van der Waals surface area (Å²) in [6.45, 7) is 1.98. The Bertz CT molecular complexity index is 1170. The maximum atomic E-state index is 12.7. The van der Waals surface area contributed by atoms with Gasteiger partial charge < -0.3 is 10.3 Å².